The number of carboxylic acid groups (broad SMARTS) is 1. The first kappa shape index (κ1) is 65.0. The van der Waals surface area contributed by atoms with E-state index >= 15 is 0 Å². The SMILES string of the molecule is CNN(C)Cc1cc2ccccc2n1CCC(=O)N[C@@H](CCC(=O)O)C(=O)NCCOCCOCCC(=O)N(C)[C@@H](C)C(=O)OI1CC(=O)N(C)c2cc(cc(OC)c2C)C/C(C)=C/C=C/[C@@H](OC)[C@H]2C[C@H](OC(=O)N2)[C@@H](C)C2O[C@]21C. The van der Waals surface area contributed by atoms with E-state index in [0.717, 1.165) is 33.3 Å². The van der Waals surface area contributed by atoms with Gasteiger partial charge in [-0.3, -0.25) is 19.8 Å². The van der Waals surface area contributed by atoms with Crippen molar-refractivity contribution in [2.24, 2.45) is 5.92 Å². The molecule has 2 aromatic carbocycles. The van der Waals surface area contributed by atoms with E-state index in [9.17, 15) is 38.7 Å². The molecule has 2 saturated heterocycles. The quantitative estimate of drug-likeness (QED) is 0.0246. The van der Waals surface area contributed by atoms with Gasteiger partial charge in [-0.2, -0.15) is 0 Å². The number of carbonyl (C=O) groups is 7. The molecule has 3 aliphatic heterocycles. The molecule has 5 N–H and O–H groups in total. The number of amides is 5. The number of anilines is 1. The number of hydrogen-bond donors (Lipinski definition) is 5. The number of hydrazine groups is 1. The van der Waals surface area contributed by atoms with Gasteiger partial charge in [-0.15, -0.1) is 0 Å². The molecule has 5 amide bonds. The Morgan fingerprint density at radius 3 is 2.44 bits per heavy atom. The molecule has 4 heterocycles. The van der Waals surface area contributed by atoms with Gasteiger partial charge in [0.1, 0.15) is 6.04 Å². The molecule has 0 spiro atoms. The van der Waals surface area contributed by atoms with Crippen LogP contribution in [0, 0.1) is 12.8 Å². The van der Waals surface area contributed by atoms with Gasteiger partial charge in [0.25, 0.3) is 0 Å². The summed E-state index contributed by atoms with van der Waals surface area (Å²) in [7, 11) is 10.1. The Kier molecular flexibility index (Phi) is 24.1. The van der Waals surface area contributed by atoms with Crippen molar-refractivity contribution in [2.45, 2.75) is 126 Å². The molecule has 6 rings (SSSR count). The molecular weight excluding hydrogens is 1180 g/mol. The third-order valence-electron chi connectivity index (χ3n) is 15.2. The van der Waals surface area contributed by atoms with E-state index in [1.807, 2.05) is 101 Å². The summed E-state index contributed by atoms with van der Waals surface area (Å²) in [5.41, 5.74) is 8.38. The molecule has 3 aliphatic rings. The topological polar surface area (TPSA) is 270 Å². The van der Waals surface area contributed by atoms with Crippen LogP contribution in [-0.4, -0.2) is 181 Å². The Morgan fingerprint density at radius 1 is 1.00 bits per heavy atom. The fourth-order valence-electron chi connectivity index (χ4n) is 9.98. The van der Waals surface area contributed by atoms with Crippen LogP contribution in [0.3, 0.4) is 0 Å². The van der Waals surface area contributed by atoms with Crippen LogP contribution in [0.1, 0.15) is 76.6 Å². The van der Waals surface area contributed by atoms with Crippen molar-refractivity contribution in [1.29, 1.82) is 0 Å². The zero-order valence-electron chi connectivity index (χ0n) is 49.0. The van der Waals surface area contributed by atoms with Crippen LogP contribution < -0.4 is 31.0 Å². The Balaban J connectivity index is 0.992. The maximum atomic E-state index is 14.5. The van der Waals surface area contributed by atoms with Crippen molar-refractivity contribution in [3.63, 3.8) is 0 Å². The molecule has 3 aromatic rings. The monoisotopic (exact) mass is 1260 g/mol. The van der Waals surface area contributed by atoms with Crippen molar-refractivity contribution in [3.8, 4) is 5.75 Å². The fourth-order valence-corrected chi connectivity index (χ4v) is 15.1. The van der Waals surface area contributed by atoms with E-state index < -0.39 is 90.1 Å². The van der Waals surface area contributed by atoms with Crippen LogP contribution in [0.25, 0.3) is 10.9 Å². The zero-order valence-corrected chi connectivity index (χ0v) is 51.2. The number of ether oxygens (including phenoxy) is 6. The average Bonchev–Trinajstić information content (AvgIpc) is 2.34. The number of aryl methyl sites for hydroxylation is 1. The third-order valence-corrected chi connectivity index (χ3v) is 20.7. The second kappa shape index (κ2) is 30.4. The number of benzene rings is 2. The van der Waals surface area contributed by atoms with Crippen LogP contribution in [-0.2, 0) is 75.0 Å². The number of hydrogen-bond acceptors (Lipinski definition) is 16. The van der Waals surface area contributed by atoms with Gasteiger partial charge < -0.3 is 20.3 Å². The fraction of sp³-hybridized carbons (Fsp3) is 0.569. The third kappa shape index (κ3) is 17.4. The summed E-state index contributed by atoms with van der Waals surface area (Å²) in [6.45, 7) is 10.5. The van der Waals surface area contributed by atoms with Crippen LogP contribution in [0.15, 0.2) is 66.3 Å². The predicted octanol–water partition coefficient (Wildman–Crippen LogP) is 4.97. The molecule has 24 heteroatoms. The molecule has 23 nitrogen and oxygen atoms in total. The van der Waals surface area contributed by atoms with Gasteiger partial charge in [0, 0.05) is 44.2 Å². The summed E-state index contributed by atoms with van der Waals surface area (Å²) < 4.78 is 42.4. The number of para-hydroxylation sites is 1. The minimum absolute atomic E-state index is 0.0143. The summed E-state index contributed by atoms with van der Waals surface area (Å²) >= 11 is -3.30. The van der Waals surface area contributed by atoms with Gasteiger partial charge >= 0.3 is 327 Å². The van der Waals surface area contributed by atoms with E-state index in [2.05, 4.69) is 32.0 Å². The average molecular weight is 1260 g/mol. The molecule has 1 aromatic heterocycles. The van der Waals surface area contributed by atoms with E-state index in [4.69, 9.17) is 31.5 Å². The molecule has 0 aliphatic carbocycles. The van der Waals surface area contributed by atoms with E-state index in [1.165, 1.54) is 11.9 Å². The number of halogens is 1. The Labute approximate surface area is 487 Å². The van der Waals surface area contributed by atoms with E-state index in [0.29, 0.717) is 37.4 Å². The summed E-state index contributed by atoms with van der Waals surface area (Å²) in [6, 6.07) is 11.3. The molecule has 0 radical (unpaired) electrons. The molecule has 452 valence electrons. The number of allylic oxidation sites excluding steroid dienone is 3. The second-order valence-corrected chi connectivity index (χ2v) is 26.2. The van der Waals surface area contributed by atoms with Crippen molar-refractivity contribution in [3.05, 3.63) is 83.1 Å². The van der Waals surface area contributed by atoms with E-state index in [-0.39, 0.29) is 80.8 Å². The second-order valence-electron chi connectivity index (χ2n) is 21.0. The van der Waals surface area contributed by atoms with Crippen molar-refractivity contribution < 1.29 is 70.2 Å². The van der Waals surface area contributed by atoms with Gasteiger partial charge in [-0.05, 0) is 31.0 Å². The number of rotatable bonds is 25. The number of alkyl carbamates (subject to hydrolysis) is 1. The number of fused-ring (bicyclic) bond motifs is 6. The van der Waals surface area contributed by atoms with Gasteiger partial charge in [0.05, 0.1) is 6.54 Å². The number of nitrogens with zero attached hydrogens (tertiary/aromatic N) is 4. The van der Waals surface area contributed by atoms with Gasteiger partial charge in [0.2, 0.25) is 11.8 Å². The number of nitrogens with one attached hydrogen (secondary N) is 4. The summed E-state index contributed by atoms with van der Waals surface area (Å²) in [5.74, 6) is -3.16. The van der Waals surface area contributed by atoms with E-state index in [1.54, 1.807) is 33.1 Å². The molecule has 2 fully saturated rings. The molecule has 4 bridgehead atoms. The summed E-state index contributed by atoms with van der Waals surface area (Å²) in [5, 5.41) is 20.6. The number of epoxide rings is 1. The van der Waals surface area contributed by atoms with Gasteiger partial charge in [0.15, 0.2) is 0 Å². The number of aliphatic carboxylic acids is 1. The van der Waals surface area contributed by atoms with Crippen molar-refractivity contribution in [2.75, 3.05) is 84.7 Å². The summed E-state index contributed by atoms with van der Waals surface area (Å²) in [6.07, 6.45) is 4.16. The Hall–Kier alpha value is -6.16. The zero-order chi connectivity index (χ0) is 59.8. The number of methoxy groups -OCH3 is 2. The van der Waals surface area contributed by atoms with Gasteiger partial charge in [-0.1, -0.05) is 18.2 Å². The van der Waals surface area contributed by atoms with Crippen molar-refractivity contribution in [1.82, 2.24) is 35.9 Å². The number of alkyl halides is 2. The molecular formula is C58H83IN8O15. The first-order valence-corrected chi connectivity index (χ1v) is 31.1. The minimum atomic E-state index is -3.30. The molecule has 1 unspecified atom stereocenters. The molecule has 8 atom stereocenters. The normalized spacial score (nSPS) is 23.3. The Morgan fingerprint density at radius 2 is 1.73 bits per heavy atom. The number of likely N-dealkylation sites (N-methyl/N-ethyl adjacent to an activating group) is 1. The van der Waals surface area contributed by atoms with Crippen LogP contribution in [0.2, 0.25) is 0 Å². The summed E-state index contributed by atoms with van der Waals surface area (Å²) in [4.78, 5) is 95.7. The molecule has 82 heavy (non-hydrogen) atoms. The van der Waals surface area contributed by atoms with Crippen LogP contribution in [0.4, 0.5) is 10.5 Å². The predicted molar refractivity (Wildman–Crippen MR) is 315 cm³/mol. The molecule has 0 saturated carbocycles. The van der Waals surface area contributed by atoms with Crippen molar-refractivity contribution >= 4 is 78.5 Å². The van der Waals surface area contributed by atoms with Crippen LogP contribution in [0.5, 0.6) is 5.75 Å². The maximum absolute atomic E-state index is 14.5. The van der Waals surface area contributed by atoms with Crippen LogP contribution >= 0.6 is 20.2 Å². The number of carbonyl (C=O) groups excluding carboxylic acids is 6. The standard InChI is InChI=1S/C58H83IN8O15/c1-36-15-14-18-47(76-10)44-33-49(80-57(75)63-44)38(3)54-58(5,81-54)59(34-52(70)66(9)46-30-40(29-36)31-48(77-11)37(46)2)82-56(74)39(4)65(8)51(69)22-25-78-27-28-79-26-23-61-55(73)43(19-20-53(71)72)62-50(68)21-24-67-42(35-64(7)60-6)32-41-16-12-13-17-45(41)67/h12-18,30-32,38-39,43-44,47,49,54,60H,19-29,33-35H2,1-11H3,(H,61,73)(H,62,68)(H,63,75)(H,71,72)/b18-14+,36-15+/t38-,39+,43+,44-,47-,49+,54?,58-/m1/s1. The number of aromatic nitrogens is 1. The first-order chi connectivity index (χ1) is 39.1. The number of carboxylic acids is 1. The van der Waals surface area contributed by atoms with Gasteiger partial charge in [-0.25, -0.2) is 5.01 Å². The Bertz CT molecular complexity index is 2810. The first-order valence-electron chi connectivity index (χ1n) is 27.6.